The van der Waals surface area contributed by atoms with Gasteiger partial charge in [0.25, 0.3) is 0 Å². The summed E-state index contributed by atoms with van der Waals surface area (Å²) in [6.45, 7) is 0. The lowest BCUT2D eigenvalue weighted by molar-refractivity contribution is 0.159. The standard InChI is InChI=1S/C2H6N2O2S2/c3-4-1(5)6-2(7)8/h2,7-8H,3H2,(H,4,5). The second kappa shape index (κ2) is 3.88. The van der Waals surface area contributed by atoms with Gasteiger partial charge >= 0.3 is 6.09 Å². The van der Waals surface area contributed by atoms with Gasteiger partial charge in [-0.3, -0.25) is 5.43 Å². The molecule has 0 aliphatic rings. The fourth-order valence-electron chi connectivity index (χ4n) is 0.130. The van der Waals surface area contributed by atoms with E-state index < -0.39 is 10.9 Å². The van der Waals surface area contributed by atoms with Crippen LogP contribution in [0.15, 0.2) is 0 Å². The molecule has 6 heteroatoms. The van der Waals surface area contributed by atoms with Gasteiger partial charge in [-0.1, -0.05) is 0 Å². The third kappa shape index (κ3) is 4.10. The van der Waals surface area contributed by atoms with Crippen LogP contribution in [-0.2, 0) is 4.74 Å². The Kier molecular flexibility index (Phi) is 3.84. The summed E-state index contributed by atoms with van der Waals surface area (Å²) in [5.41, 5.74) is 1.74. The zero-order chi connectivity index (χ0) is 6.57. The smallest absolute Gasteiger partial charge is 0.423 e. The number of ether oxygens (including phenoxy) is 1. The average molecular weight is 154 g/mol. The number of thiol groups is 2. The molecule has 3 N–H and O–H groups in total. The molecule has 0 aromatic rings. The second-order valence-electron chi connectivity index (χ2n) is 0.876. The van der Waals surface area contributed by atoms with Crippen molar-refractivity contribution in [2.75, 3.05) is 0 Å². The first-order valence-electron chi connectivity index (χ1n) is 1.70. The number of hydrazine groups is 1. The van der Waals surface area contributed by atoms with Gasteiger partial charge in [0.2, 0.25) is 0 Å². The van der Waals surface area contributed by atoms with Gasteiger partial charge in [-0.05, 0) is 0 Å². The van der Waals surface area contributed by atoms with Gasteiger partial charge in [0.05, 0.1) is 0 Å². The molecular formula is C2H6N2O2S2. The molecule has 1 amide bonds. The number of amides is 1. The van der Waals surface area contributed by atoms with Crippen LogP contribution in [-0.4, -0.2) is 10.9 Å². The number of hydrogen-bond donors (Lipinski definition) is 4. The van der Waals surface area contributed by atoms with Gasteiger partial charge in [0.1, 0.15) is 0 Å². The van der Waals surface area contributed by atoms with E-state index in [9.17, 15) is 4.79 Å². The molecule has 0 saturated carbocycles. The summed E-state index contributed by atoms with van der Waals surface area (Å²) in [6, 6.07) is 0. The minimum atomic E-state index is -0.750. The maximum atomic E-state index is 10.1. The largest absolute Gasteiger partial charge is 0.424 e. The first kappa shape index (κ1) is 7.93. The lowest BCUT2D eigenvalue weighted by Gasteiger charge is -2.03. The van der Waals surface area contributed by atoms with Crippen molar-refractivity contribution >= 4 is 31.4 Å². The number of nitrogens with one attached hydrogen (secondary N) is 1. The molecule has 0 spiro atoms. The van der Waals surface area contributed by atoms with Crippen LogP contribution in [0.2, 0.25) is 0 Å². The number of carbonyl (C=O) groups is 1. The summed E-state index contributed by atoms with van der Waals surface area (Å²) in [5, 5.41) is 0. The molecule has 8 heavy (non-hydrogen) atoms. The molecule has 48 valence electrons. The highest BCUT2D eigenvalue weighted by atomic mass is 32.2. The molecule has 0 fully saturated rings. The van der Waals surface area contributed by atoms with Crippen LogP contribution >= 0.6 is 25.3 Å². The molecule has 0 aromatic carbocycles. The van der Waals surface area contributed by atoms with Crippen molar-refractivity contribution < 1.29 is 9.53 Å². The lowest BCUT2D eigenvalue weighted by atomic mass is 11.2. The van der Waals surface area contributed by atoms with Crippen LogP contribution in [0.1, 0.15) is 0 Å². The Bertz CT molecular complexity index is 86.1. The van der Waals surface area contributed by atoms with E-state index in [4.69, 9.17) is 0 Å². The second-order valence-corrected chi connectivity index (χ2v) is 2.22. The van der Waals surface area contributed by atoms with Crippen LogP contribution in [0.5, 0.6) is 0 Å². The molecule has 0 saturated heterocycles. The monoisotopic (exact) mass is 154 g/mol. The molecule has 0 aliphatic carbocycles. The molecule has 0 rings (SSSR count). The zero-order valence-electron chi connectivity index (χ0n) is 3.87. The highest BCUT2D eigenvalue weighted by Gasteiger charge is 2.00. The van der Waals surface area contributed by atoms with Crippen molar-refractivity contribution in [2.24, 2.45) is 5.84 Å². The normalized spacial score (nSPS) is 9.00. The summed E-state index contributed by atoms with van der Waals surface area (Å²) in [6.07, 6.45) is -0.750. The summed E-state index contributed by atoms with van der Waals surface area (Å²) in [7, 11) is 0. The lowest BCUT2D eigenvalue weighted by Crippen LogP contribution is -2.31. The minimum Gasteiger partial charge on any atom is -0.424 e. The topological polar surface area (TPSA) is 64.3 Å². The third-order valence-corrected chi connectivity index (χ3v) is 0.541. The van der Waals surface area contributed by atoms with E-state index in [1.807, 2.05) is 0 Å². The van der Waals surface area contributed by atoms with Gasteiger partial charge in [-0.25, -0.2) is 10.6 Å². The molecule has 0 unspecified atom stereocenters. The molecule has 0 aromatic heterocycles. The van der Waals surface area contributed by atoms with Crippen LogP contribution in [0, 0.1) is 0 Å². The first-order chi connectivity index (χ1) is 3.66. The van der Waals surface area contributed by atoms with Crippen LogP contribution in [0.25, 0.3) is 0 Å². The molecule has 0 aliphatic heterocycles. The Morgan fingerprint density at radius 1 is 1.75 bits per heavy atom. The third-order valence-electron chi connectivity index (χ3n) is 0.330. The maximum absolute atomic E-state index is 10.1. The fraction of sp³-hybridized carbons (Fsp3) is 0.500. The molecule has 0 heterocycles. The SMILES string of the molecule is NNC(=O)OC(S)S. The number of carbonyl (C=O) groups excluding carboxylic acids is 1. The van der Waals surface area contributed by atoms with Gasteiger partial charge in [-0.15, -0.1) is 25.3 Å². The minimum absolute atomic E-state index is 0.724. The molecule has 0 bridgehead atoms. The van der Waals surface area contributed by atoms with E-state index in [0.717, 1.165) is 0 Å². The van der Waals surface area contributed by atoms with E-state index >= 15 is 0 Å². The van der Waals surface area contributed by atoms with E-state index in [-0.39, 0.29) is 0 Å². The van der Waals surface area contributed by atoms with Crippen LogP contribution in [0.3, 0.4) is 0 Å². The number of hydrogen-bond acceptors (Lipinski definition) is 5. The van der Waals surface area contributed by atoms with Gasteiger partial charge < -0.3 is 4.74 Å². The zero-order valence-corrected chi connectivity index (χ0v) is 5.65. The number of nitrogens with two attached hydrogens (primary N) is 1. The van der Waals surface area contributed by atoms with E-state index in [0.29, 0.717) is 0 Å². The fourth-order valence-corrected chi connectivity index (χ4v) is 0.321. The van der Waals surface area contributed by atoms with Crippen LogP contribution < -0.4 is 11.3 Å². The Labute approximate surface area is 57.5 Å². The van der Waals surface area contributed by atoms with Gasteiger partial charge in [0.15, 0.2) is 4.77 Å². The Morgan fingerprint density at radius 3 is 2.38 bits per heavy atom. The quantitative estimate of drug-likeness (QED) is 0.138. The van der Waals surface area contributed by atoms with E-state index in [1.165, 1.54) is 0 Å². The maximum Gasteiger partial charge on any atom is 0.423 e. The summed E-state index contributed by atoms with van der Waals surface area (Å²) >= 11 is 7.23. The van der Waals surface area contributed by atoms with Crippen molar-refractivity contribution in [3.05, 3.63) is 0 Å². The van der Waals surface area contributed by atoms with Crippen molar-refractivity contribution in [1.82, 2.24) is 5.43 Å². The van der Waals surface area contributed by atoms with Crippen molar-refractivity contribution in [3.63, 3.8) is 0 Å². The predicted octanol–water partition coefficient (Wildman–Crippen LogP) is -0.270. The van der Waals surface area contributed by atoms with E-state index in [1.54, 1.807) is 5.43 Å². The Morgan fingerprint density at radius 2 is 2.25 bits per heavy atom. The van der Waals surface area contributed by atoms with E-state index in [2.05, 4.69) is 35.8 Å². The van der Waals surface area contributed by atoms with Crippen molar-refractivity contribution in [3.8, 4) is 0 Å². The van der Waals surface area contributed by atoms with Crippen molar-refractivity contribution in [1.29, 1.82) is 0 Å². The van der Waals surface area contributed by atoms with Crippen LogP contribution in [0.4, 0.5) is 4.79 Å². The summed E-state index contributed by atoms with van der Waals surface area (Å²) in [5.74, 6) is 4.63. The summed E-state index contributed by atoms with van der Waals surface area (Å²) < 4.78 is 3.53. The van der Waals surface area contributed by atoms with Gasteiger partial charge in [-0.2, -0.15) is 0 Å². The summed E-state index contributed by atoms with van der Waals surface area (Å²) in [4.78, 5) is 10.1. The van der Waals surface area contributed by atoms with Gasteiger partial charge in [0, 0.05) is 0 Å². The highest BCUT2D eigenvalue weighted by molar-refractivity contribution is 7.98. The Hall–Kier alpha value is -0.0700. The first-order valence-corrected chi connectivity index (χ1v) is 2.73. The highest BCUT2D eigenvalue weighted by Crippen LogP contribution is 2.00. The number of rotatable bonds is 1. The Balaban J connectivity index is 3.25. The molecule has 0 atom stereocenters. The van der Waals surface area contributed by atoms with Crippen molar-refractivity contribution in [2.45, 2.75) is 4.77 Å². The predicted molar refractivity (Wildman–Crippen MR) is 35.6 cm³/mol. The molecule has 4 nitrogen and oxygen atoms in total. The molecule has 0 radical (unpaired) electrons. The molecular weight excluding hydrogens is 148 g/mol. The average Bonchev–Trinajstić information content (AvgIpc) is 1.65.